The molecule has 0 saturated carbocycles. The van der Waals surface area contributed by atoms with Crippen LogP contribution in [0, 0.1) is 0 Å². The highest BCUT2D eigenvalue weighted by Crippen LogP contribution is 2.25. The summed E-state index contributed by atoms with van der Waals surface area (Å²) in [6.45, 7) is 6.60. The van der Waals surface area contributed by atoms with Crippen LogP contribution in [0.4, 0.5) is 0 Å². The molecule has 0 N–H and O–H groups in total. The van der Waals surface area contributed by atoms with Gasteiger partial charge in [0, 0.05) is 12.8 Å². The van der Waals surface area contributed by atoms with Crippen molar-refractivity contribution in [3.05, 3.63) is 11.6 Å². The Labute approximate surface area is 193 Å². The monoisotopic (exact) mass is 433 g/mol. The molecule has 0 spiro atoms. The molecule has 3 heteroatoms. The first-order valence-corrected chi connectivity index (χ1v) is 13.6. The second-order valence-electron chi connectivity index (χ2n) is 9.65. The van der Waals surface area contributed by atoms with Crippen LogP contribution < -0.4 is 0 Å². The Morgan fingerprint density at radius 2 is 1.13 bits per heavy atom. The first-order chi connectivity index (χ1) is 15.1. The van der Waals surface area contributed by atoms with Crippen LogP contribution >= 0.6 is 0 Å². The van der Waals surface area contributed by atoms with Gasteiger partial charge in [-0.05, 0) is 26.2 Å². The molecule has 0 aliphatic carbocycles. The van der Waals surface area contributed by atoms with E-state index >= 15 is 0 Å². The summed E-state index contributed by atoms with van der Waals surface area (Å²) >= 11 is 0. The predicted octanol–water partition coefficient (Wildman–Crippen LogP) is 8.51. The number of carbonyl (C=O) groups excluding carboxylic acids is 2. The van der Waals surface area contributed by atoms with Crippen LogP contribution in [-0.2, 0) is 9.59 Å². The molecule has 1 aliphatic heterocycles. The third kappa shape index (κ3) is 12.5. The first-order valence-electron chi connectivity index (χ1n) is 13.6. The zero-order valence-electron chi connectivity index (χ0n) is 21.1. The summed E-state index contributed by atoms with van der Waals surface area (Å²) in [5.41, 5.74) is 1.22. The van der Waals surface area contributed by atoms with E-state index < -0.39 is 0 Å². The molecular formula is C28H51NO2. The molecule has 0 radical (unpaired) electrons. The Bertz CT molecular complexity index is 495. The quantitative estimate of drug-likeness (QED) is 0.110. The molecule has 1 atom stereocenters. The van der Waals surface area contributed by atoms with Gasteiger partial charge in [0.2, 0.25) is 11.8 Å². The summed E-state index contributed by atoms with van der Waals surface area (Å²) in [6.07, 6.45) is 26.4. The van der Waals surface area contributed by atoms with Crippen molar-refractivity contribution in [1.29, 1.82) is 0 Å². The first kappa shape index (κ1) is 27.9. The summed E-state index contributed by atoms with van der Waals surface area (Å²) in [5, 5.41) is 0. The number of carbonyl (C=O) groups is 2. The van der Waals surface area contributed by atoms with Gasteiger partial charge in [0.1, 0.15) is 0 Å². The van der Waals surface area contributed by atoms with Gasteiger partial charge in [0.25, 0.3) is 0 Å². The average molecular weight is 434 g/mol. The number of nitrogens with zero attached hydrogens (tertiary/aromatic N) is 1. The van der Waals surface area contributed by atoms with Crippen molar-refractivity contribution in [3.63, 3.8) is 0 Å². The van der Waals surface area contributed by atoms with E-state index in [1.165, 1.54) is 95.5 Å². The number of amides is 2. The lowest BCUT2D eigenvalue weighted by Gasteiger charge is -2.27. The van der Waals surface area contributed by atoms with Gasteiger partial charge in [0.05, 0.1) is 6.04 Å². The van der Waals surface area contributed by atoms with Gasteiger partial charge in [-0.1, -0.05) is 122 Å². The van der Waals surface area contributed by atoms with Gasteiger partial charge in [-0.3, -0.25) is 14.5 Å². The maximum Gasteiger partial charge on any atom is 0.230 e. The highest BCUT2D eigenvalue weighted by Gasteiger charge is 2.35. The Balaban J connectivity index is 2.17. The van der Waals surface area contributed by atoms with Crippen molar-refractivity contribution in [2.24, 2.45) is 0 Å². The highest BCUT2D eigenvalue weighted by atomic mass is 16.2. The Kier molecular flexibility index (Phi) is 16.6. The number of unbranched alkanes of at least 4 members (excludes halogenated alkanes) is 15. The minimum Gasteiger partial charge on any atom is -0.275 e. The minimum absolute atomic E-state index is 0.00368. The molecule has 1 heterocycles. The molecule has 1 aliphatic rings. The second kappa shape index (κ2) is 18.5. The molecular weight excluding hydrogens is 382 g/mol. The minimum atomic E-state index is -0.00368. The smallest absolute Gasteiger partial charge is 0.230 e. The lowest BCUT2D eigenvalue weighted by atomic mass is 9.98. The molecule has 0 aromatic rings. The third-order valence-electron chi connectivity index (χ3n) is 6.78. The number of hydrogen-bond acceptors (Lipinski definition) is 2. The van der Waals surface area contributed by atoms with E-state index in [9.17, 15) is 9.59 Å². The van der Waals surface area contributed by atoms with Crippen LogP contribution in [0.5, 0.6) is 0 Å². The van der Waals surface area contributed by atoms with E-state index in [0.717, 1.165) is 25.7 Å². The summed E-state index contributed by atoms with van der Waals surface area (Å²) in [7, 11) is 0. The number of hydrogen-bond donors (Lipinski definition) is 0. The van der Waals surface area contributed by atoms with E-state index in [-0.39, 0.29) is 17.9 Å². The fourth-order valence-electron chi connectivity index (χ4n) is 4.72. The zero-order chi connectivity index (χ0) is 22.7. The topological polar surface area (TPSA) is 37.4 Å². The van der Waals surface area contributed by atoms with Crippen LogP contribution in [0.15, 0.2) is 11.6 Å². The molecule has 1 saturated heterocycles. The summed E-state index contributed by atoms with van der Waals surface area (Å²) in [4.78, 5) is 26.1. The molecule has 1 fully saturated rings. The Morgan fingerprint density at radius 3 is 1.61 bits per heavy atom. The molecule has 1 unspecified atom stereocenters. The van der Waals surface area contributed by atoms with Gasteiger partial charge in [-0.25, -0.2) is 0 Å². The van der Waals surface area contributed by atoms with Gasteiger partial charge in [0.15, 0.2) is 0 Å². The van der Waals surface area contributed by atoms with Crippen LogP contribution in [0.2, 0.25) is 0 Å². The van der Waals surface area contributed by atoms with Crippen molar-refractivity contribution >= 4 is 11.8 Å². The van der Waals surface area contributed by atoms with E-state index in [0.29, 0.717) is 12.8 Å². The summed E-state index contributed by atoms with van der Waals surface area (Å²) in [6, 6.07) is -0.00368. The Morgan fingerprint density at radius 1 is 0.710 bits per heavy atom. The van der Waals surface area contributed by atoms with E-state index in [1.807, 2.05) is 0 Å². The number of likely N-dealkylation sites (tertiary alicyclic amines) is 1. The SMILES string of the molecule is CCCCCCCCCCCCCCC/C=C(\C)C(CCCCC)N1C(=O)CCC1=O. The second-order valence-corrected chi connectivity index (χ2v) is 9.65. The van der Waals surface area contributed by atoms with Crippen molar-refractivity contribution in [3.8, 4) is 0 Å². The predicted molar refractivity (Wildman–Crippen MR) is 133 cm³/mol. The zero-order valence-corrected chi connectivity index (χ0v) is 21.1. The molecule has 2 amide bonds. The van der Waals surface area contributed by atoms with Gasteiger partial charge < -0.3 is 0 Å². The number of rotatable bonds is 20. The van der Waals surface area contributed by atoms with Crippen molar-refractivity contribution in [2.45, 2.75) is 155 Å². The fourth-order valence-corrected chi connectivity index (χ4v) is 4.72. The molecule has 3 nitrogen and oxygen atoms in total. The maximum absolute atomic E-state index is 12.2. The van der Waals surface area contributed by atoms with E-state index in [4.69, 9.17) is 0 Å². The molecule has 1 rings (SSSR count). The molecule has 180 valence electrons. The lowest BCUT2D eigenvalue weighted by Crippen LogP contribution is -2.40. The van der Waals surface area contributed by atoms with Crippen LogP contribution in [-0.4, -0.2) is 22.8 Å². The van der Waals surface area contributed by atoms with Crippen LogP contribution in [0.3, 0.4) is 0 Å². The van der Waals surface area contributed by atoms with Crippen LogP contribution in [0.25, 0.3) is 0 Å². The normalized spacial score (nSPS) is 15.8. The Hall–Kier alpha value is -1.12. The fraction of sp³-hybridized carbons (Fsp3) is 0.857. The maximum atomic E-state index is 12.2. The molecule has 0 aromatic heterocycles. The molecule has 0 aromatic carbocycles. The largest absolute Gasteiger partial charge is 0.275 e. The summed E-state index contributed by atoms with van der Waals surface area (Å²) in [5.74, 6) is 0.0559. The lowest BCUT2D eigenvalue weighted by molar-refractivity contribution is -0.140. The van der Waals surface area contributed by atoms with Gasteiger partial charge >= 0.3 is 0 Å². The number of allylic oxidation sites excluding steroid dienone is 1. The van der Waals surface area contributed by atoms with Gasteiger partial charge in [-0.2, -0.15) is 0 Å². The van der Waals surface area contributed by atoms with Crippen LogP contribution in [0.1, 0.15) is 149 Å². The number of imide groups is 1. The standard InChI is InChI=1S/C28H51NO2/c1-4-6-8-9-10-11-12-13-14-15-16-17-18-20-21-25(3)26(22-19-7-5-2)29-27(30)23-24-28(29)31/h21,26H,4-20,22-24H2,1-3H3/b25-21+. The van der Waals surface area contributed by atoms with Crippen molar-refractivity contribution in [2.75, 3.05) is 0 Å². The molecule has 31 heavy (non-hydrogen) atoms. The van der Waals surface area contributed by atoms with Crippen molar-refractivity contribution in [1.82, 2.24) is 4.90 Å². The highest BCUT2D eigenvalue weighted by molar-refractivity contribution is 6.02. The van der Waals surface area contributed by atoms with E-state index in [1.54, 1.807) is 4.90 Å². The third-order valence-corrected chi connectivity index (χ3v) is 6.78. The van der Waals surface area contributed by atoms with Gasteiger partial charge in [-0.15, -0.1) is 0 Å². The summed E-state index contributed by atoms with van der Waals surface area (Å²) < 4.78 is 0. The van der Waals surface area contributed by atoms with Crippen molar-refractivity contribution < 1.29 is 9.59 Å². The average Bonchev–Trinajstić information content (AvgIpc) is 3.09. The molecule has 0 bridgehead atoms. The van der Waals surface area contributed by atoms with E-state index in [2.05, 4.69) is 26.8 Å².